The van der Waals surface area contributed by atoms with E-state index in [1.165, 1.54) is 11.8 Å². The second-order valence-electron chi connectivity index (χ2n) is 6.12. The number of amides is 2. The SMILES string of the molecule is CCNC(=O)[C@H](C)NC(=O)CSc1nnc(-c2cccnc2)n1C1CC1. The van der Waals surface area contributed by atoms with E-state index in [0.29, 0.717) is 17.7 Å². The van der Waals surface area contributed by atoms with Crippen molar-refractivity contribution in [3.05, 3.63) is 24.5 Å². The summed E-state index contributed by atoms with van der Waals surface area (Å²) in [6.07, 6.45) is 5.65. The number of likely N-dealkylation sites (N-methyl/N-ethyl adjacent to an activating group) is 1. The Morgan fingerprint density at radius 3 is 2.85 bits per heavy atom. The lowest BCUT2D eigenvalue weighted by Gasteiger charge is -2.13. The Kier molecular flexibility index (Phi) is 5.87. The van der Waals surface area contributed by atoms with Gasteiger partial charge in [0.1, 0.15) is 6.04 Å². The lowest BCUT2D eigenvalue weighted by Crippen LogP contribution is -2.45. The van der Waals surface area contributed by atoms with Gasteiger partial charge in [-0.1, -0.05) is 11.8 Å². The number of nitrogens with zero attached hydrogens (tertiary/aromatic N) is 4. The molecule has 138 valence electrons. The third-order valence-electron chi connectivity index (χ3n) is 3.95. The average molecular weight is 374 g/mol. The van der Waals surface area contributed by atoms with Gasteiger partial charge in [-0.05, 0) is 38.8 Å². The molecular formula is C17H22N6O2S. The second kappa shape index (κ2) is 8.31. The molecule has 1 aliphatic rings. The fourth-order valence-electron chi connectivity index (χ4n) is 2.54. The molecule has 2 heterocycles. The van der Waals surface area contributed by atoms with Crippen LogP contribution in [0.3, 0.4) is 0 Å². The molecule has 2 aromatic heterocycles. The van der Waals surface area contributed by atoms with E-state index in [4.69, 9.17) is 0 Å². The zero-order chi connectivity index (χ0) is 18.5. The zero-order valence-corrected chi connectivity index (χ0v) is 15.6. The van der Waals surface area contributed by atoms with Crippen LogP contribution in [0.2, 0.25) is 0 Å². The molecule has 8 nitrogen and oxygen atoms in total. The van der Waals surface area contributed by atoms with Gasteiger partial charge in [-0.15, -0.1) is 10.2 Å². The third kappa shape index (κ3) is 4.40. The van der Waals surface area contributed by atoms with Gasteiger partial charge in [0.15, 0.2) is 11.0 Å². The molecule has 0 spiro atoms. The maximum Gasteiger partial charge on any atom is 0.242 e. The Hall–Kier alpha value is -2.42. The van der Waals surface area contributed by atoms with Crippen LogP contribution in [0.15, 0.2) is 29.7 Å². The molecule has 2 aromatic rings. The van der Waals surface area contributed by atoms with E-state index in [-0.39, 0.29) is 17.6 Å². The van der Waals surface area contributed by atoms with Crippen molar-refractivity contribution >= 4 is 23.6 Å². The van der Waals surface area contributed by atoms with E-state index in [1.807, 2.05) is 19.1 Å². The average Bonchev–Trinajstić information content (AvgIpc) is 3.40. The summed E-state index contributed by atoms with van der Waals surface area (Å²) in [5.41, 5.74) is 0.910. The first-order valence-electron chi connectivity index (χ1n) is 8.65. The summed E-state index contributed by atoms with van der Waals surface area (Å²) in [6, 6.07) is 3.63. The quantitative estimate of drug-likeness (QED) is 0.678. The van der Waals surface area contributed by atoms with Crippen molar-refractivity contribution < 1.29 is 9.59 Å². The van der Waals surface area contributed by atoms with Crippen LogP contribution in [-0.4, -0.2) is 49.9 Å². The molecule has 1 aliphatic carbocycles. The highest BCUT2D eigenvalue weighted by Gasteiger charge is 2.30. The van der Waals surface area contributed by atoms with Crippen LogP contribution >= 0.6 is 11.8 Å². The van der Waals surface area contributed by atoms with Gasteiger partial charge in [-0.25, -0.2) is 0 Å². The van der Waals surface area contributed by atoms with Crippen LogP contribution in [0, 0.1) is 0 Å². The van der Waals surface area contributed by atoms with Gasteiger partial charge in [-0.3, -0.25) is 19.1 Å². The Balaban J connectivity index is 1.64. The van der Waals surface area contributed by atoms with E-state index in [0.717, 1.165) is 24.2 Å². The molecule has 0 aliphatic heterocycles. The highest BCUT2D eigenvalue weighted by atomic mass is 32.2. The van der Waals surface area contributed by atoms with Gasteiger partial charge in [0, 0.05) is 30.5 Å². The minimum absolute atomic E-state index is 0.182. The summed E-state index contributed by atoms with van der Waals surface area (Å²) in [5, 5.41) is 14.7. The molecule has 0 aromatic carbocycles. The molecule has 2 amide bonds. The van der Waals surface area contributed by atoms with Crippen LogP contribution in [0.1, 0.15) is 32.7 Å². The van der Waals surface area contributed by atoms with Crippen LogP contribution in [0.25, 0.3) is 11.4 Å². The fourth-order valence-corrected chi connectivity index (χ4v) is 3.35. The van der Waals surface area contributed by atoms with E-state index >= 15 is 0 Å². The van der Waals surface area contributed by atoms with Gasteiger partial charge in [0.25, 0.3) is 0 Å². The molecule has 3 rings (SSSR count). The van der Waals surface area contributed by atoms with Crippen molar-refractivity contribution in [3.8, 4) is 11.4 Å². The number of thioether (sulfide) groups is 1. The number of nitrogens with one attached hydrogen (secondary N) is 2. The Bertz CT molecular complexity index is 775. The molecule has 26 heavy (non-hydrogen) atoms. The topological polar surface area (TPSA) is 102 Å². The summed E-state index contributed by atoms with van der Waals surface area (Å²) in [6.45, 7) is 4.04. The Labute approximate surface area is 156 Å². The minimum atomic E-state index is -0.560. The van der Waals surface area contributed by atoms with Crippen LogP contribution in [-0.2, 0) is 9.59 Å². The van der Waals surface area contributed by atoms with Crippen LogP contribution in [0.5, 0.6) is 0 Å². The third-order valence-corrected chi connectivity index (χ3v) is 4.89. The molecule has 0 saturated heterocycles. The van der Waals surface area contributed by atoms with Gasteiger partial charge < -0.3 is 10.6 Å². The van der Waals surface area contributed by atoms with Gasteiger partial charge in [-0.2, -0.15) is 0 Å². The van der Waals surface area contributed by atoms with Crippen LogP contribution < -0.4 is 10.6 Å². The first-order valence-corrected chi connectivity index (χ1v) is 9.64. The summed E-state index contributed by atoms with van der Waals surface area (Å²) in [4.78, 5) is 28.0. The fraction of sp³-hybridized carbons (Fsp3) is 0.471. The number of carbonyl (C=O) groups is 2. The number of rotatable bonds is 8. The normalized spacial score (nSPS) is 14.7. The molecule has 1 saturated carbocycles. The summed E-state index contributed by atoms with van der Waals surface area (Å²) in [7, 11) is 0. The molecule has 1 fully saturated rings. The molecular weight excluding hydrogens is 352 g/mol. The number of aromatic nitrogens is 4. The van der Waals surface area contributed by atoms with E-state index in [1.54, 1.807) is 19.3 Å². The number of carbonyl (C=O) groups excluding carboxylic acids is 2. The Morgan fingerprint density at radius 2 is 2.19 bits per heavy atom. The summed E-state index contributed by atoms with van der Waals surface area (Å²) in [5.74, 6) is 0.564. The standard InChI is InChI=1S/C17H22N6O2S/c1-3-19-16(25)11(2)20-14(24)10-26-17-22-21-15(23(17)13-6-7-13)12-5-4-8-18-9-12/h4-5,8-9,11,13H,3,6-7,10H2,1-2H3,(H,19,25)(H,20,24)/t11-/m0/s1. The van der Waals surface area contributed by atoms with Gasteiger partial charge in [0.2, 0.25) is 11.8 Å². The minimum Gasteiger partial charge on any atom is -0.355 e. The van der Waals surface area contributed by atoms with E-state index in [9.17, 15) is 9.59 Å². The largest absolute Gasteiger partial charge is 0.355 e. The molecule has 0 radical (unpaired) electrons. The number of hydrogen-bond donors (Lipinski definition) is 2. The monoisotopic (exact) mass is 374 g/mol. The summed E-state index contributed by atoms with van der Waals surface area (Å²) >= 11 is 1.33. The maximum absolute atomic E-state index is 12.1. The van der Waals surface area contributed by atoms with Crippen LogP contribution in [0.4, 0.5) is 0 Å². The lowest BCUT2D eigenvalue weighted by atomic mass is 10.3. The highest BCUT2D eigenvalue weighted by molar-refractivity contribution is 7.99. The molecule has 2 N–H and O–H groups in total. The van der Waals surface area contributed by atoms with E-state index in [2.05, 4.69) is 30.4 Å². The predicted octanol–water partition coefficient (Wildman–Crippen LogP) is 1.41. The van der Waals surface area contributed by atoms with Crippen molar-refractivity contribution in [3.63, 3.8) is 0 Å². The van der Waals surface area contributed by atoms with Crippen molar-refractivity contribution in [2.45, 2.75) is 43.9 Å². The molecule has 0 bridgehead atoms. The first kappa shape index (κ1) is 18.4. The maximum atomic E-state index is 12.1. The number of pyridine rings is 1. The molecule has 0 unspecified atom stereocenters. The van der Waals surface area contributed by atoms with Crippen molar-refractivity contribution in [1.82, 2.24) is 30.4 Å². The van der Waals surface area contributed by atoms with Gasteiger partial charge in [0.05, 0.1) is 5.75 Å². The Morgan fingerprint density at radius 1 is 1.38 bits per heavy atom. The lowest BCUT2D eigenvalue weighted by molar-refractivity contribution is -0.127. The van der Waals surface area contributed by atoms with Gasteiger partial charge >= 0.3 is 0 Å². The zero-order valence-electron chi connectivity index (χ0n) is 14.8. The number of hydrogen-bond acceptors (Lipinski definition) is 6. The second-order valence-corrected chi connectivity index (χ2v) is 7.06. The van der Waals surface area contributed by atoms with Crippen molar-refractivity contribution in [2.24, 2.45) is 0 Å². The molecule has 1 atom stereocenters. The van der Waals surface area contributed by atoms with E-state index < -0.39 is 6.04 Å². The van der Waals surface area contributed by atoms with Crippen molar-refractivity contribution in [2.75, 3.05) is 12.3 Å². The predicted molar refractivity (Wildman–Crippen MR) is 98.5 cm³/mol. The smallest absolute Gasteiger partial charge is 0.242 e. The molecule has 9 heteroatoms. The summed E-state index contributed by atoms with van der Waals surface area (Å²) < 4.78 is 2.09. The highest BCUT2D eigenvalue weighted by Crippen LogP contribution is 2.40. The first-order chi connectivity index (χ1) is 12.6. The van der Waals surface area contributed by atoms with Crippen molar-refractivity contribution in [1.29, 1.82) is 0 Å².